The smallest absolute Gasteiger partial charge is 0.253 e. The van der Waals surface area contributed by atoms with Gasteiger partial charge in [0.2, 0.25) is 9.84 Å². The highest BCUT2D eigenvalue weighted by atomic mass is 32.2. The van der Waals surface area contributed by atoms with Crippen LogP contribution in [-0.4, -0.2) is 79.0 Å². The molecule has 9 nitrogen and oxygen atoms in total. The highest BCUT2D eigenvalue weighted by Gasteiger charge is 2.50. The van der Waals surface area contributed by atoms with E-state index in [1.54, 1.807) is 12.3 Å². The molecule has 0 radical (unpaired) electrons. The Hall–Kier alpha value is -4.38. The van der Waals surface area contributed by atoms with Crippen molar-refractivity contribution < 1.29 is 17.9 Å². The molecule has 1 N–H and O–H groups in total. The number of ether oxygens (including phenoxy) is 1. The normalized spacial score (nSPS) is 17.5. The van der Waals surface area contributed by atoms with Gasteiger partial charge >= 0.3 is 0 Å². The number of hydrogen-bond acceptors (Lipinski definition) is 7. The SMILES string of the molecule is Cc1ccc(-c2cc(C)c3c(c2)CN(C)CC3)c(S(=O)(=O)c2cnc3[nH]cc(-c4ccc(C(=O)N5CC6(COC6)C5)cc4)c3n2)c1. The summed E-state index contributed by atoms with van der Waals surface area (Å²) >= 11 is 0. The average Bonchev–Trinajstić information content (AvgIpc) is 3.43. The van der Waals surface area contributed by atoms with Crippen molar-refractivity contribution in [3.8, 4) is 22.3 Å². The number of H-pyrrole nitrogens is 1. The summed E-state index contributed by atoms with van der Waals surface area (Å²) in [7, 11) is -1.93. The van der Waals surface area contributed by atoms with Gasteiger partial charge in [0.15, 0.2) is 10.7 Å². The van der Waals surface area contributed by atoms with Gasteiger partial charge in [0.05, 0.1) is 29.7 Å². The number of carbonyl (C=O) groups excluding carboxylic acids is 1. The molecule has 2 fully saturated rings. The van der Waals surface area contributed by atoms with Gasteiger partial charge in [-0.2, -0.15) is 0 Å². The number of fused-ring (bicyclic) bond motifs is 2. The maximum Gasteiger partial charge on any atom is 0.253 e. The molecule has 3 aromatic carbocycles. The molecule has 1 amide bonds. The number of sulfone groups is 1. The molecule has 2 aromatic heterocycles. The zero-order valence-electron chi connectivity index (χ0n) is 26.1. The monoisotopic (exact) mass is 633 g/mol. The lowest BCUT2D eigenvalue weighted by molar-refractivity contribution is -0.176. The van der Waals surface area contributed by atoms with Crippen LogP contribution in [0.25, 0.3) is 33.4 Å². The van der Waals surface area contributed by atoms with Gasteiger partial charge in [-0.15, -0.1) is 0 Å². The molecule has 0 aliphatic carbocycles. The third kappa shape index (κ3) is 4.74. The van der Waals surface area contributed by atoms with Crippen molar-refractivity contribution in [3.63, 3.8) is 0 Å². The zero-order chi connectivity index (χ0) is 31.8. The second kappa shape index (κ2) is 10.6. The molecule has 0 atom stereocenters. The van der Waals surface area contributed by atoms with Crippen molar-refractivity contribution in [3.05, 3.63) is 94.8 Å². The van der Waals surface area contributed by atoms with E-state index in [4.69, 9.17) is 4.74 Å². The number of likely N-dealkylation sites (tertiary alicyclic amines) is 1. The largest absolute Gasteiger partial charge is 0.380 e. The maximum absolute atomic E-state index is 14.3. The van der Waals surface area contributed by atoms with Gasteiger partial charge in [0.1, 0.15) is 5.52 Å². The predicted octanol–water partition coefficient (Wildman–Crippen LogP) is 5.20. The Labute approximate surface area is 268 Å². The molecule has 8 rings (SSSR count). The van der Waals surface area contributed by atoms with E-state index < -0.39 is 9.84 Å². The Morgan fingerprint density at radius 1 is 0.978 bits per heavy atom. The molecule has 46 heavy (non-hydrogen) atoms. The second-order valence-electron chi connectivity index (χ2n) is 13.3. The number of likely N-dealkylation sites (N-methyl/N-ethyl adjacent to an activating group) is 1. The van der Waals surface area contributed by atoms with E-state index in [-0.39, 0.29) is 21.2 Å². The van der Waals surface area contributed by atoms with Crippen LogP contribution in [0.4, 0.5) is 0 Å². The quantitative estimate of drug-likeness (QED) is 0.283. The Kier molecular flexibility index (Phi) is 6.68. The van der Waals surface area contributed by atoms with Crippen molar-refractivity contribution in [2.45, 2.75) is 36.7 Å². The summed E-state index contributed by atoms with van der Waals surface area (Å²) in [5.74, 6) is 0.00581. The molecule has 5 aromatic rings. The first-order chi connectivity index (χ1) is 22.1. The summed E-state index contributed by atoms with van der Waals surface area (Å²) in [6.07, 6.45) is 4.09. The Balaban J connectivity index is 1.13. The maximum atomic E-state index is 14.3. The van der Waals surface area contributed by atoms with E-state index in [1.165, 1.54) is 22.9 Å². The van der Waals surface area contributed by atoms with E-state index in [9.17, 15) is 13.2 Å². The van der Waals surface area contributed by atoms with Crippen LogP contribution < -0.4 is 0 Å². The minimum atomic E-state index is -4.04. The second-order valence-corrected chi connectivity index (χ2v) is 15.1. The minimum Gasteiger partial charge on any atom is -0.380 e. The lowest BCUT2D eigenvalue weighted by Crippen LogP contribution is -2.67. The summed E-state index contributed by atoms with van der Waals surface area (Å²) in [6, 6.07) is 17.2. The third-order valence-corrected chi connectivity index (χ3v) is 11.4. The van der Waals surface area contributed by atoms with Crippen LogP contribution >= 0.6 is 0 Å². The van der Waals surface area contributed by atoms with Crippen LogP contribution in [0.3, 0.4) is 0 Å². The van der Waals surface area contributed by atoms with Crippen molar-refractivity contribution in [2.24, 2.45) is 5.41 Å². The number of benzene rings is 3. The van der Waals surface area contributed by atoms with Gasteiger partial charge in [0.25, 0.3) is 5.91 Å². The van der Waals surface area contributed by atoms with Gasteiger partial charge in [-0.05, 0) is 85.0 Å². The fourth-order valence-corrected chi connectivity index (χ4v) is 8.54. The number of carbonyl (C=O) groups is 1. The number of nitrogens with zero attached hydrogens (tertiary/aromatic N) is 4. The third-order valence-electron chi connectivity index (χ3n) is 9.72. The van der Waals surface area contributed by atoms with Crippen LogP contribution in [0.2, 0.25) is 0 Å². The summed E-state index contributed by atoms with van der Waals surface area (Å²) in [4.78, 5) is 29.6. The Bertz CT molecular complexity index is 2140. The lowest BCUT2D eigenvalue weighted by atomic mass is 9.78. The van der Waals surface area contributed by atoms with Crippen LogP contribution in [0, 0.1) is 19.3 Å². The molecule has 3 aliphatic rings. The van der Waals surface area contributed by atoms with Gasteiger partial charge in [0, 0.05) is 49.1 Å². The number of aromatic amines is 1. The molecule has 1 spiro atoms. The average molecular weight is 634 g/mol. The van der Waals surface area contributed by atoms with Crippen molar-refractivity contribution in [1.82, 2.24) is 24.8 Å². The van der Waals surface area contributed by atoms with Crippen LogP contribution in [0.1, 0.15) is 32.6 Å². The van der Waals surface area contributed by atoms with Crippen LogP contribution in [0.15, 0.2) is 76.9 Å². The first-order valence-electron chi connectivity index (χ1n) is 15.6. The molecule has 3 aliphatic heterocycles. The molecular formula is C36H35N5O4S. The van der Waals surface area contributed by atoms with Gasteiger partial charge in [-0.25, -0.2) is 18.4 Å². The van der Waals surface area contributed by atoms with E-state index in [0.29, 0.717) is 27.9 Å². The van der Waals surface area contributed by atoms with Gasteiger partial charge < -0.3 is 19.5 Å². The molecule has 5 heterocycles. The first-order valence-corrected chi connectivity index (χ1v) is 17.1. The Morgan fingerprint density at radius 3 is 2.50 bits per heavy atom. The molecule has 0 unspecified atom stereocenters. The minimum absolute atomic E-state index is 0.00581. The standard InChI is InChI=1S/C36H35N5O4S/c1-22-4-9-29(26-13-23(2)28-10-11-40(3)17-27(28)14-26)31(12-22)46(43,44)32-16-38-34-33(39-32)30(15-37-34)24-5-7-25(8-6-24)35(42)41-18-36(19-41)20-45-21-36/h4-9,12-16H,10-11,17-21H2,1-3H3,(H,37,38). The fraction of sp³-hybridized carbons (Fsp3) is 0.306. The first kappa shape index (κ1) is 29.1. The highest BCUT2D eigenvalue weighted by molar-refractivity contribution is 7.91. The highest BCUT2D eigenvalue weighted by Crippen LogP contribution is 2.39. The number of hydrogen-bond donors (Lipinski definition) is 1. The van der Waals surface area contributed by atoms with Crippen molar-refractivity contribution >= 4 is 26.9 Å². The fourth-order valence-electron chi connectivity index (χ4n) is 7.10. The van der Waals surface area contributed by atoms with Crippen molar-refractivity contribution in [2.75, 3.05) is 39.9 Å². The molecule has 234 valence electrons. The molecule has 0 saturated carbocycles. The predicted molar refractivity (Wildman–Crippen MR) is 175 cm³/mol. The van der Waals surface area contributed by atoms with Crippen LogP contribution in [0.5, 0.6) is 0 Å². The molecule has 10 heteroatoms. The number of aromatic nitrogens is 3. The summed E-state index contributed by atoms with van der Waals surface area (Å²) < 4.78 is 34.0. The summed E-state index contributed by atoms with van der Waals surface area (Å²) in [6.45, 7) is 8.76. The van der Waals surface area contributed by atoms with E-state index in [2.05, 4.69) is 46.0 Å². The number of aryl methyl sites for hydroxylation is 2. The topological polar surface area (TPSA) is 108 Å². The number of rotatable bonds is 5. The zero-order valence-corrected chi connectivity index (χ0v) is 26.9. The van der Waals surface area contributed by atoms with Crippen LogP contribution in [-0.2, 0) is 27.5 Å². The number of amides is 1. The van der Waals surface area contributed by atoms with Gasteiger partial charge in [-0.3, -0.25) is 4.79 Å². The molecule has 0 bridgehead atoms. The van der Waals surface area contributed by atoms with E-state index >= 15 is 0 Å². The van der Waals surface area contributed by atoms with E-state index in [0.717, 1.165) is 62.5 Å². The summed E-state index contributed by atoms with van der Waals surface area (Å²) in [5.41, 5.74) is 9.38. The van der Waals surface area contributed by atoms with E-state index in [1.807, 2.05) is 48.2 Å². The molecule has 2 saturated heterocycles. The molecular weight excluding hydrogens is 598 g/mol. The summed E-state index contributed by atoms with van der Waals surface area (Å²) in [5, 5.41) is -0.111. The number of nitrogens with one attached hydrogen (secondary N) is 1. The van der Waals surface area contributed by atoms with Crippen molar-refractivity contribution in [1.29, 1.82) is 0 Å². The Morgan fingerprint density at radius 2 is 1.76 bits per heavy atom. The van der Waals surface area contributed by atoms with Gasteiger partial charge in [-0.1, -0.05) is 30.3 Å². The lowest BCUT2D eigenvalue weighted by Gasteiger charge is -2.54.